The van der Waals surface area contributed by atoms with Crippen LogP contribution in [-0.4, -0.2) is 9.55 Å². The fourth-order valence-electron chi connectivity index (χ4n) is 0.666. The second kappa shape index (κ2) is 3.58. The van der Waals surface area contributed by atoms with E-state index in [2.05, 4.69) is 16.9 Å². The smallest absolute Gasteiger partial charge is 0.361 e. The molecular weight excluding hydrogens is 154 g/mol. The van der Waals surface area contributed by atoms with Gasteiger partial charge in [-0.15, -0.1) is 0 Å². The minimum absolute atomic E-state index is 0.217. The van der Waals surface area contributed by atoms with Crippen LogP contribution < -0.4 is 11.4 Å². The van der Waals surface area contributed by atoms with Crippen molar-refractivity contribution < 1.29 is 0 Å². The second-order valence-electron chi connectivity index (χ2n) is 2.15. The maximum Gasteiger partial charge on any atom is 0.361 e. The van der Waals surface area contributed by atoms with Gasteiger partial charge in [-0.2, -0.15) is 4.98 Å². The van der Waals surface area contributed by atoms with Crippen LogP contribution in [0.1, 0.15) is 13.3 Å². The van der Waals surface area contributed by atoms with Gasteiger partial charge in [0.1, 0.15) is 5.82 Å². The van der Waals surface area contributed by atoms with Gasteiger partial charge in [0.05, 0.1) is 0 Å². The van der Waals surface area contributed by atoms with Crippen LogP contribution in [0.2, 0.25) is 0 Å². The zero-order valence-corrected chi connectivity index (χ0v) is 6.74. The van der Waals surface area contributed by atoms with Gasteiger partial charge in [-0.05, 0) is 6.07 Å². The van der Waals surface area contributed by atoms with Crippen LogP contribution in [0.4, 0.5) is 5.82 Å². The number of rotatable bonds is 0. The van der Waals surface area contributed by atoms with E-state index in [0.29, 0.717) is 6.42 Å². The van der Waals surface area contributed by atoms with Gasteiger partial charge >= 0.3 is 5.69 Å². The molecule has 1 aromatic heterocycles. The zero-order chi connectivity index (χ0) is 8.97. The Hall–Kier alpha value is -1.76. The molecule has 4 heteroatoms. The molecule has 12 heavy (non-hydrogen) atoms. The van der Waals surface area contributed by atoms with Crippen molar-refractivity contribution in [3.63, 3.8) is 0 Å². The van der Waals surface area contributed by atoms with Gasteiger partial charge in [0.25, 0.3) is 0 Å². The van der Waals surface area contributed by atoms with Crippen molar-refractivity contribution in [1.82, 2.24) is 9.55 Å². The molecule has 0 atom stereocenters. The summed E-state index contributed by atoms with van der Waals surface area (Å²) in [6.45, 7) is 1.91. The number of aromatic nitrogens is 2. The van der Waals surface area contributed by atoms with Gasteiger partial charge in [-0.1, -0.05) is 12.8 Å². The summed E-state index contributed by atoms with van der Waals surface area (Å²) in [7, 11) is 0. The lowest BCUT2D eigenvalue weighted by molar-refractivity contribution is 0.950. The maximum absolute atomic E-state index is 11.0. The van der Waals surface area contributed by atoms with Crippen molar-refractivity contribution in [2.45, 2.75) is 13.3 Å². The summed E-state index contributed by atoms with van der Waals surface area (Å²) in [5.74, 6) is 2.97. The van der Waals surface area contributed by atoms with Crippen LogP contribution in [0, 0.1) is 12.0 Å². The van der Waals surface area contributed by atoms with Crippen LogP contribution in [0.15, 0.2) is 17.1 Å². The molecule has 2 N–H and O–H groups in total. The summed E-state index contributed by atoms with van der Waals surface area (Å²) in [5.41, 5.74) is 4.85. The third-order valence-corrected chi connectivity index (χ3v) is 1.20. The SMILES string of the molecule is CCC#Cn1ccc(N)nc1=O. The Kier molecular flexibility index (Phi) is 2.49. The Balaban J connectivity index is 3.11. The predicted octanol–water partition coefficient (Wildman–Crippen LogP) is 0.0445. The van der Waals surface area contributed by atoms with E-state index in [1.807, 2.05) is 6.92 Å². The van der Waals surface area contributed by atoms with E-state index < -0.39 is 5.69 Å². The molecule has 0 fully saturated rings. The Morgan fingerprint density at radius 3 is 3.08 bits per heavy atom. The van der Waals surface area contributed by atoms with Crippen LogP contribution in [0.3, 0.4) is 0 Å². The van der Waals surface area contributed by atoms with Crippen molar-refractivity contribution in [3.8, 4) is 12.0 Å². The monoisotopic (exact) mass is 163 g/mol. The van der Waals surface area contributed by atoms with Crippen molar-refractivity contribution in [1.29, 1.82) is 0 Å². The lowest BCUT2D eigenvalue weighted by Gasteiger charge is -1.92. The first kappa shape index (κ1) is 8.34. The van der Waals surface area contributed by atoms with E-state index in [9.17, 15) is 4.79 Å². The van der Waals surface area contributed by atoms with Gasteiger partial charge in [0.15, 0.2) is 0 Å². The van der Waals surface area contributed by atoms with Crippen molar-refractivity contribution in [2.75, 3.05) is 5.73 Å². The van der Waals surface area contributed by atoms with Crippen LogP contribution in [0.25, 0.3) is 0 Å². The normalized spacial score (nSPS) is 8.75. The molecule has 0 aromatic carbocycles. The highest BCUT2D eigenvalue weighted by atomic mass is 16.1. The van der Waals surface area contributed by atoms with E-state index in [4.69, 9.17) is 5.73 Å². The average molecular weight is 163 g/mol. The van der Waals surface area contributed by atoms with Crippen LogP contribution >= 0.6 is 0 Å². The zero-order valence-electron chi connectivity index (χ0n) is 6.74. The average Bonchev–Trinajstić information content (AvgIpc) is 2.03. The van der Waals surface area contributed by atoms with E-state index in [0.717, 1.165) is 0 Å². The van der Waals surface area contributed by atoms with Crippen molar-refractivity contribution in [2.24, 2.45) is 0 Å². The Morgan fingerprint density at radius 1 is 1.75 bits per heavy atom. The van der Waals surface area contributed by atoms with Crippen LogP contribution in [-0.2, 0) is 0 Å². The summed E-state index contributed by atoms with van der Waals surface area (Å²) < 4.78 is 1.21. The van der Waals surface area contributed by atoms with E-state index in [-0.39, 0.29) is 5.82 Å². The first-order valence-electron chi connectivity index (χ1n) is 3.58. The van der Waals surface area contributed by atoms with Crippen molar-refractivity contribution >= 4 is 5.82 Å². The standard InChI is InChI=1S/C8H9N3O/c1-2-3-5-11-6-4-7(9)10-8(11)12/h4,6H,2H2,1H3,(H2,9,10,12). The number of nitrogens with two attached hydrogens (primary N) is 1. The minimum atomic E-state index is -0.434. The molecule has 1 heterocycles. The summed E-state index contributed by atoms with van der Waals surface area (Å²) in [6.07, 6.45) is 2.21. The Morgan fingerprint density at radius 2 is 2.50 bits per heavy atom. The fourth-order valence-corrected chi connectivity index (χ4v) is 0.666. The van der Waals surface area contributed by atoms with E-state index in [1.54, 1.807) is 0 Å². The third-order valence-electron chi connectivity index (χ3n) is 1.20. The highest BCUT2D eigenvalue weighted by Gasteiger charge is 1.91. The van der Waals surface area contributed by atoms with E-state index in [1.165, 1.54) is 16.8 Å². The van der Waals surface area contributed by atoms with Gasteiger partial charge in [0.2, 0.25) is 0 Å². The molecule has 0 amide bonds. The van der Waals surface area contributed by atoms with Gasteiger partial charge < -0.3 is 5.73 Å². The molecule has 0 saturated heterocycles. The highest BCUT2D eigenvalue weighted by molar-refractivity contribution is 5.24. The number of hydrogen-bond donors (Lipinski definition) is 1. The summed E-state index contributed by atoms with van der Waals surface area (Å²) >= 11 is 0. The molecule has 1 rings (SSSR count). The number of anilines is 1. The molecule has 4 nitrogen and oxygen atoms in total. The fraction of sp³-hybridized carbons (Fsp3) is 0.250. The molecule has 0 saturated carbocycles. The minimum Gasteiger partial charge on any atom is -0.383 e. The summed E-state index contributed by atoms with van der Waals surface area (Å²) in [5, 5.41) is 0. The highest BCUT2D eigenvalue weighted by Crippen LogP contribution is 1.87. The first-order valence-corrected chi connectivity index (χ1v) is 3.58. The van der Waals surface area contributed by atoms with Gasteiger partial charge in [-0.25, -0.2) is 9.36 Å². The molecule has 0 aliphatic carbocycles. The lowest BCUT2D eigenvalue weighted by Crippen LogP contribution is -2.20. The van der Waals surface area contributed by atoms with E-state index >= 15 is 0 Å². The quantitative estimate of drug-likeness (QED) is 0.549. The molecule has 62 valence electrons. The molecule has 0 spiro atoms. The molecule has 0 bridgehead atoms. The summed E-state index contributed by atoms with van der Waals surface area (Å²) in [4.78, 5) is 14.5. The largest absolute Gasteiger partial charge is 0.383 e. The molecule has 0 aliphatic heterocycles. The lowest BCUT2D eigenvalue weighted by atomic mass is 10.5. The number of nitrogens with zero attached hydrogens (tertiary/aromatic N) is 2. The Bertz CT molecular complexity index is 383. The predicted molar refractivity (Wildman–Crippen MR) is 46.4 cm³/mol. The molecule has 0 radical (unpaired) electrons. The number of hydrogen-bond acceptors (Lipinski definition) is 3. The van der Waals surface area contributed by atoms with Crippen molar-refractivity contribution in [3.05, 3.63) is 22.7 Å². The van der Waals surface area contributed by atoms with Crippen LogP contribution in [0.5, 0.6) is 0 Å². The molecule has 0 unspecified atom stereocenters. The second-order valence-corrected chi connectivity index (χ2v) is 2.15. The third kappa shape index (κ3) is 1.86. The number of nitrogen functional groups attached to an aromatic ring is 1. The molecule has 0 aliphatic rings. The first-order chi connectivity index (χ1) is 5.74. The van der Waals surface area contributed by atoms with Gasteiger partial charge in [-0.3, -0.25) is 0 Å². The molecular formula is C8H9N3O. The molecule has 1 aromatic rings. The Labute approximate surface area is 70.0 Å². The summed E-state index contributed by atoms with van der Waals surface area (Å²) in [6, 6.07) is 4.16. The maximum atomic E-state index is 11.0. The van der Waals surface area contributed by atoms with Gasteiger partial charge in [0, 0.05) is 18.7 Å². The topological polar surface area (TPSA) is 60.9 Å².